The van der Waals surface area contributed by atoms with Gasteiger partial charge in [0, 0.05) is 12.5 Å². The molecule has 3 nitrogen and oxygen atoms in total. The molecule has 1 unspecified atom stereocenters. The molecule has 2 heterocycles. The van der Waals surface area contributed by atoms with E-state index in [4.69, 9.17) is 0 Å². The second kappa shape index (κ2) is 6.23. The number of benzene rings is 1. The van der Waals surface area contributed by atoms with Crippen LogP contribution in [0.4, 0.5) is 0 Å². The van der Waals surface area contributed by atoms with Gasteiger partial charge in [-0.3, -0.25) is 0 Å². The predicted molar refractivity (Wildman–Crippen MR) is 82.7 cm³/mol. The molecule has 0 saturated carbocycles. The third-order valence-electron chi connectivity index (χ3n) is 4.03. The fraction of sp³-hybridized carbons (Fsp3) is 0.471. The maximum atomic E-state index is 4.52. The van der Waals surface area contributed by atoms with Gasteiger partial charge in [0.15, 0.2) is 0 Å². The second-order valence-corrected chi connectivity index (χ2v) is 5.69. The SMILES string of the molecule is CCCc1ccc(-c2cnc(CC3CCCN3)[nH]2)cc1. The summed E-state index contributed by atoms with van der Waals surface area (Å²) in [6.07, 6.45) is 7.87. The van der Waals surface area contributed by atoms with Crippen LogP contribution in [0.3, 0.4) is 0 Å². The van der Waals surface area contributed by atoms with Crippen LogP contribution < -0.4 is 5.32 Å². The quantitative estimate of drug-likeness (QED) is 0.874. The lowest BCUT2D eigenvalue weighted by molar-refractivity contribution is 0.589. The molecule has 0 amide bonds. The van der Waals surface area contributed by atoms with Gasteiger partial charge in [0.2, 0.25) is 0 Å². The van der Waals surface area contributed by atoms with Crippen molar-refractivity contribution in [1.29, 1.82) is 0 Å². The van der Waals surface area contributed by atoms with Crippen molar-refractivity contribution in [2.75, 3.05) is 6.54 Å². The fourth-order valence-corrected chi connectivity index (χ4v) is 2.92. The molecule has 1 aliphatic heterocycles. The van der Waals surface area contributed by atoms with Crippen LogP contribution in [0.15, 0.2) is 30.5 Å². The highest BCUT2D eigenvalue weighted by molar-refractivity contribution is 5.58. The molecule has 2 N–H and O–H groups in total. The molecular formula is C17H23N3. The highest BCUT2D eigenvalue weighted by Crippen LogP contribution is 2.19. The Morgan fingerprint density at radius 1 is 1.25 bits per heavy atom. The summed E-state index contributed by atoms with van der Waals surface area (Å²) in [5.41, 5.74) is 3.76. The van der Waals surface area contributed by atoms with Crippen LogP contribution in [0.25, 0.3) is 11.3 Å². The molecule has 1 atom stereocenters. The van der Waals surface area contributed by atoms with Gasteiger partial charge in [-0.25, -0.2) is 4.98 Å². The Morgan fingerprint density at radius 2 is 2.10 bits per heavy atom. The third kappa shape index (κ3) is 3.10. The monoisotopic (exact) mass is 269 g/mol. The first-order valence-electron chi connectivity index (χ1n) is 7.71. The molecule has 0 radical (unpaired) electrons. The van der Waals surface area contributed by atoms with Gasteiger partial charge in [-0.15, -0.1) is 0 Å². The third-order valence-corrected chi connectivity index (χ3v) is 4.03. The summed E-state index contributed by atoms with van der Waals surface area (Å²) in [5, 5.41) is 3.52. The van der Waals surface area contributed by atoms with E-state index in [9.17, 15) is 0 Å². The van der Waals surface area contributed by atoms with Gasteiger partial charge >= 0.3 is 0 Å². The molecule has 3 heteroatoms. The largest absolute Gasteiger partial charge is 0.342 e. The Labute approximate surface area is 120 Å². The Balaban J connectivity index is 1.68. The average molecular weight is 269 g/mol. The molecule has 20 heavy (non-hydrogen) atoms. The van der Waals surface area contributed by atoms with Crippen LogP contribution in [0.5, 0.6) is 0 Å². The van der Waals surface area contributed by atoms with Gasteiger partial charge in [0.25, 0.3) is 0 Å². The average Bonchev–Trinajstić information content (AvgIpc) is 3.12. The van der Waals surface area contributed by atoms with Crippen molar-refractivity contribution in [2.24, 2.45) is 0 Å². The summed E-state index contributed by atoms with van der Waals surface area (Å²) in [6, 6.07) is 9.42. The lowest BCUT2D eigenvalue weighted by Gasteiger charge is -2.06. The van der Waals surface area contributed by atoms with Crippen molar-refractivity contribution >= 4 is 0 Å². The zero-order chi connectivity index (χ0) is 13.8. The van der Waals surface area contributed by atoms with E-state index in [1.54, 1.807) is 0 Å². The maximum absolute atomic E-state index is 4.52. The number of aromatic nitrogens is 2. The fourth-order valence-electron chi connectivity index (χ4n) is 2.92. The minimum atomic E-state index is 0.598. The Bertz CT molecular complexity index is 536. The summed E-state index contributed by atoms with van der Waals surface area (Å²) < 4.78 is 0. The topological polar surface area (TPSA) is 40.7 Å². The van der Waals surface area contributed by atoms with Crippen molar-refractivity contribution in [1.82, 2.24) is 15.3 Å². The molecule has 0 aliphatic carbocycles. The molecule has 1 aromatic heterocycles. The molecule has 3 rings (SSSR count). The van der Waals surface area contributed by atoms with Gasteiger partial charge < -0.3 is 10.3 Å². The van der Waals surface area contributed by atoms with Crippen LogP contribution in [-0.2, 0) is 12.8 Å². The first-order valence-corrected chi connectivity index (χ1v) is 7.71. The Kier molecular flexibility index (Phi) is 4.16. The van der Waals surface area contributed by atoms with Crippen LogP contribution >= 0.6 is 0 Å². The van der Waals surface area contributed by atoms with Crippen LogP contribution in [0, 0.1) is 0 Å². The molecular weight excluding hydrogens is 246 g/mol. The first-order chi connectivity index (χ1) is 9.85. The Morgan fingerprint density at radius 3 is 2.80 bits per heavy atom. The van der Waals surface area contributed by atoms with Crippen LogP contribution in [0.2, 0.25) is 0 Å². The molecule has 106 valence electrons. The number of hydrogen-bond donors (Lipinski definition) is 2. The molecule has 0 bridgehead atoms. The van der Waals surface area contributed by atoms with E-state index in [1.807, 2.05) is 6.20 Å². The molecule has 1 aliphatic rings. The summed E-state index contributed by atoms with van der Waals surface area (Å²) >= 11 is 0. The molecule has 1 fully saturated rings. The van der Waals surface area contributed by atoms with E-state index < -0.39 is 0 Å². The van der Waals surface area contributed by atoms with E-state index in [1.165, 1.54) is 30.4 Å². The van der Waals surface area contributed by atoms with Crippen molar-refractivity contribution in [3.8, 4) is 11.3 Å². The predicted octanol–water partition coefficient (Wildman–Crippen LogP) is 3.32. The zero-order valence-corrected chi connectivity index (χ0v) is 12.2. The summed E-state index contributed by atoms with van der Waals surface area (Å²) in [6.45, 7) is 3.36. The Hall–Kier alpha value is -1.61. The number of rotatable bonds is 5. The highest BCUT2D eigenvalue weighted by Gasteiger charge is 2.16. The normalized spacial score (nSPS) is 18.6. The lowest BCUT2D eigenvalue weighted by atomic mass is 10.1. The van der Waals surface area contributed by atoms with Crippen LogP contribution in [0.1, 0.15) is 37.6 Å². The summed E-state index contributed by atoms with van der Waals surface area (Å²) in [4.78, 5) is 7.98. The van der Waals surface area contributed by atoms with Gasteiger partial charge in [-0.1, -0.05) is 37.6 Å². The minimum absolute atomic E-state index is 0.598. The van der Waals surface area contributed by atoms with E-state index in [-0.39, 0.29) is 0 Å². The van der Waals surface area contributed by atoms with Gasteiger partial charge in [0.05, 0.1) is 11.9 Å². The van der Waals surface area contributed by atoms with Crippen LogP contribution in [-0.4, -0.2) is 22.6 Å². The number of imidazole rings is 1. The van der Waals surface area contributed by atoms with Crippen molar-refractivity contribution < 1.29 is 0 Å². The zero-order valence-electron chi connectivity index (χ0n) is 12.2. The second-order valence-electron chi connectivity index (χ2n) is 5.69. The van der Waals surface area contributed by atoms with E-state index >= 15 is 0 Å². The maximum Gasteiger partial charge on any atom is 0.108 e. The van der Waals surface area contributed by atoms with E-state index in [0.717, 1.165) is 30.9 Å². The number of aromatic amines is 1. The van der Waals surface area contributed by atoms with Crippen molar-refractivity contribution in [3.63, 3.8) is 0 Å². The van der Waals surface area contributed by atoms with Crippen molar-refractivity contribution in [2.45, 2.75) is 45.1 Å². The number of hydrogen-bond acceptors (Lipinski definition) is 2. The first kappa shape index (κ1) is 13.4. The van der Waals surface area contributed by atoms with Crippen molar-refractivity contribution in [3.05, 3.63) is 41.9 Å². The molecule has 1 aromatic carbocycles. The highest BCUT2D eigenvalue weighted by atomic mass is 15.0. The number of H-pyrrole nitrogens is 1. The number of nitrogens with one attached hydrogen (secondary N) is 2. The molecule has 1 saturated heterocycles. The number of nitrogens with zero attached hydrogens (tertiary/aromatic N) is 1. The number of aryl methyl sites for hydroxylation is 1. The lowest BCUT2D eigenvalue weighted by Crippen LogP contribution is -2.24. The van der Waals surface area contributed by atoms with E-state index in [0.29, 0.717) is 6.04 Å². The summed E-state index contributed by atoms with van der Waals surface area (Å²) in [7, 11) is 0. The van der Waals surface area contributed by atoms with Gasteiger partial charge in [-0.2, -0.15) is 0 Å². The minimum Gasteiger partial charge on any atom is -0.342 e. The standard InChI is InChI=1S/C17H23N3/c1-2-4-13-6-8-14(9-7-13)16-12-19-17(20-16)11-15-5-3-10-18-15/h6-9,12,15,18H,2-5,10-11H2,1H3,(H,19,20). The van der Waals surface area contributed by atoms with Gasteiger partial charge in [0.1, 0.15) is 5.82 Å². The molecule has 0 spiro atoms. The molecule has 2 aromatic rings. The smallest absolute Gasteiger partial charge is 0.108 e. The van der Waals surface area contributed by atoms with Gasteiger partial charge in [-0.05, 0) is 36.9 Å². The summed E-state index contributed by atoms with van der Waals surface area (Å²) in [5.74, 6) is 1.09. The van der Waals surface area contributed by atoms with E-state index in [2.05, 4.69) is 46.5 Å².